The summed E-state index contributed by atoms with van der Waals surface area (Å²) in [5, 5.41) is 5.06. The molecule has 4 nitrogen and oxygen atoms in total. The van der Waals surface area contributed by atoms with Gasteiger partial charge in [-0.2, -0.15) is 13.2 Å². The maximum Gasteiger partial charge on any atom is 0.416 e. The third-order valence-corrected chi connectivity index (χ3v) is 2.95. The molecule has 2 aromatic carbocycles. The molecule has 7 heteroatoms. The van der Waals surface area contributed by atoms with Crippen LogP contribution in [0.4, 0.5) is 29.3 Å². The number of alkyl halides is 3. The molecule has 2 rings (SSSR count). The molecule has 0 atom stereocenters. The number of hydrogen-bond donors (Lipinski definition) is 2. The molecule has 0 aliphatic heterocycles. The van der Waals surface area contributed by atoms with E-state index in [1.165, 1.54) is 12.1 Å². The molecule has 2 aromatic rings. The second-order valence-corrected chi connectivity index (χ2v) is 5.35. The predicted octanol–water partition coefficient (Wildman–Crippen LogP) is 5.14. The minimum absolute atomic E-state index is 0.0479. The van der Waals surface area contributed by atoms with Crippen molar-refractivity contribution < 1.29 is 22.7 Å². The number of nitrogens with one attached hydrogen (secondary N) is 2. The van der Waals surface area contributed by atoms with Gasteiger partial charge >= 0.3 is 12.2 Å². The van der Waals surface area contributed by atoms with E-state index >= 15 is 0 Å². The topological polar surface area (TPSA) is 50.4 Å². The average Bonchev–Trinajstić information content (AvgIpc) is 2.48. The van der Waals surface area contributed by atoms with Crippen molar-refractivity contribution in [2.45, 2.75) is 26.1 Å². The monoisotopic (exact) mass is 338 g/mol. The van der Waals surface area contributed by atoms with Gasteiger partial charge in [-0.05, 0) is 62.4 Å². The Morgan fingerprint density at radius 2 is 1.38 bits per heavy atom. The molecule has 0 fully saturated rings. The molecule has 0 heterocycles. The summed E-state index contributed by atoms with van der Waals surface area (Å²) in [5.74, 6) is 0.679. The van der Waals surface area contributed by atoms with Crippen molar-refractivity contribution >= 4 is 17.4 Å². The minimum Gasteiger partial charge on any atom is -0.491 e. The van der Waals surface area contributed by atoms with Crippen LogP contribution in [0.3, 0.4) is 0 Å². The molecule has 0 aromatic heterocycles. The molecule has 0 spiro atoms. The normalized spacial score (nSPS) is 11.2. The first-order valence-corrected chi connectivity index (χ1v) is 7.26. The van der Waals surface area contributed by atoms with Crippen LogP contribution in [-0.4, -0.2) is 12.1 Å². The summed E-state index contributed by atoms with van der Waals surface area (Å²) in [6.07, 6.45) is -4.35. The highest BCUT2D eigenvalue weighted by Gasteiger charge is 2.29. The molecule has 0 saturated carbocycles. The smallest absolute Gasteiger partial charge is 0.416 e. The van der Waals surface area contributed by atoms with E-state index in [0.717, 1.165) is 12.1 Å². The quantitative estimate of drug-likeness (QED) is 0.811. The summed E-state index contributed by atoms with van der Waals surface area (Å²) >= 11 is 0. The van der Waals surface area contributed by atoms with Crippen LogP contribution in [0.2, 0.25) is 0 Å². The number of ether oxygens (including phenoxy) is 1. The first kappa shape index (κ1) is 17.7. The number of benzene rings is 2. The minimum atomic E-state index is -4.40. The van der Waals surface area contributed by atoms with Crippen molar-refractivity contribution in [1.29, 1.82) is 0 Å². The Bertz CT molecular complexity index is 680. The van der Waals surface area contributed by atoms with Crippen LogP contribution >= 0.6 is 0 Å². The third-order valence-electron chi connectivity index (χ3n) is 2.95. The fraction of sp³-hybridized carbons (Fsp3) is 0.235. The molecule has 24 heavy (non-hydrogen) atoms. The molecule has 0 aliphatic carbocycles. The Kier molecular flexibility index (Phi) is 5.33. The summed E-state index contributed by atoms with van der Waals surface area (Å²) in [6.45, 7) is 3.81. The summed E-state index contributed by atoms with van der Waals surface area (Å²) in [6, 6.07) is 10.4. The second-order valence-electron chi connectivity index (χ2n) is 5.35. The van der Waals surface area contributed by atoms with Gasteiger partial charge in [0.2, 0.25) is 0 Å². The van der Waals surface area contributed by atoms with Crippen molar-refractivity contribution in [3.05, 3.63) is 54.1 Å². The van der Waals surface area contributed by atoms with Crippen molar-refractivity contribution in [2.75, 3.05) is 10.6 Å². The van der Waals surface area contributed by atoms with Crippen molar-refractivity contribution in [1.82, 2.24) is 0 Å². The van der Waals surface area contributed by atoms with Crippen LogP contribution in [-0.2, 0) is 6.18 Å². The fourth-order valence-electron chi connectivity index (χ4n) is 1.92. The summed E-state index contributed by atoms with van der Waals surface area (Å²) < 4.78 is 42.9. The molecule has 2 amide bonds. The molecule has 0 bridgehead atoms. The Morgan fingerprint density at radius 3 is 1.79 bits per heavy atom. The van der Waals surface area contributed by atoms with Crippen LogP contribution in [0.15, 0.2) is 48.5 Å². The van der Waals surface area contributed by atoms with Gasteiger partial charge in [0.1, 0.15) is 5.75 Å². The third kappa shape index (κ3) is 5.19. The van der Waals surface area contributed by atoms with Crippen molar-refractivity contribution in [3.63, 3.8) is 0 Å². The zero-order chi connectivity index (χ0) is 17.7. The zero-order valence-corrected chi connectivity index (χ0v) is 13.1. The predicted molar refractivity (Wildman–Crippen MR) is 86.3 cm³/mol. The van der Waals surface area contributed by atoms with Gasteiger partial charge in [0.05, 0.1) is 11.7 Å². The van der Waals surface area contributed by atoms with Crippen LogP contribution in [0.25, 0.3) is 0 Å². The van der Waals surface area contributed by atoms with Gasteiger partial charge in [-0.1, -0.05) is 0 Å². The summed E-state index contributed by atoms with van der Waals surface area (Å²) in [4.78, 5) is 11.9. The lowest BCUT2D eigenvalue weighted by molar-refractivity contribution is -0.137. The first-order chi connectivity index (χ1) is 11.2. The molecule has 2 N–H and O–H groups in total. The van der Waals surface area contributed by atoms with Crippen molar-refractivity contribution in [2.24, 2.45) is 0 Å². The van der Waals surface area contributed by atoms with Crippen molar-refractivity contribution in [3.8, 4) is 5.75 Å². The Balaban J connectivity index is 1.93. The van der Waals surface area contributed by atoms with Gasteiger partial charge in [0.25, 0.3) is 0 Å². The maximum atomic E-state index is 12.5. The SMILES string of the molecule is CC(C)Oc1ccc(NC(=O)Nc2ccc(C(F)(F)F)cc2)cc1. The lowest BCUT2D eigenvalue weighted by Crippen LogP contribution is -2.19. The highest BCUT2D eigenvalue weighted by Crippen LogP contribution is 2.29. The number of amides is 2. The highest BCUT2D eigenvalue weighted by atomic mass is 19.4. The lowest BCUT2D eigenvalue weighted by Gasteiger charge is -2.11. The standard InChI is InChI=1S/C17H17F3N2O2/c1-11(2)24-15-9-7-14(8-10-15)22-16(23)21-13-5-3-12(4-6-13)17(18,19)20/h3-11H,1-2H3,(H2,21,22,23). The highest BCUT2D eigenvalue weighted by molar-refractivity contribution is 5.99. The number of urea groups is 1. The van der Waals surface area contributed by atoms with Gasteiger partial charge in [-0.25, -0.2) is 4.79 Å². The molecular weight excluding hydrogens is 321 g/mol. The Labute approximate surface area is 137 Å². The van der Waals surface area contributed by atoms with E-state index < -0.39 is 17.8 Å². The zero-order valence-electron chi connectivity index (χ0n) is 13.1. The largest absolute Gasteiger partial charge is 0.491 e. The van der Waals surface area contributed by atoms with Crippen LogP contribution < -0.4 is 15.4 Å². The summed E-state index contributed by atoms with van der Waals surface area (Å²) in [5.41, 5.74) is 0.0324. The van der Waals surface area contributed by atoms with E-state index in [4.69, 9.17) is 4.74 Å². The van der Waals surface area contributed by atoms with Gasteiger partial charge in [0.15, 0.2) is 0 Å². The van der Waals surface area contributed by atoms with E-state index in [1.807, 2.05) is 13.8 Å². The fourth-order valence-corrected chi connectivity index (χ4v) is 1.92. The lowest BCUT2D eigenvalue weighted by atomic mass is 10.2. The number of rotatable bonds is 4. The Morgan fingerprint density at radius 1 is 0.917 bits per heavy atom. The van der Waals surface area contributed by atoms with Gasteiger partial charge in [-0.15, -0.1) is 0 Å². The molecule has 0 aliphatic rings. The van der Waals surface area contributed by atoms with Gasteiger partial charge in [0, 0.05) is 11.4 Å². The number of carbonyl (C=O) groups is 1. The number of halogens is 3. The maximum absolute atomic E-state index is 12.5. The van der Waals surface area contributed by atoms with Crippen LogP contribution in [0.5, 0.6) is 5.75 Å². The van der Waals surface area contributed by atoms with E-state index in [9.17, 15) is 18.0 Å². The van der Waals surface area contributed by atoms with E-state index in [0.29, 0.717) is 11.4 Å². The molecule has 0 unspecified atom stereocenters. The molecule has 0 saturated heterocycles. The molecular formula is C17H17F3N2O2. The molecule has 128 valence electrons. The molecule has 0 radical (unpaired) electrons. The van der Waals surface area contributed by atoms with Crippen LogP contribution in [0, 0.1) is 0 Å². The average molecular weight is 338 g/mol. The first-order valence-electron chi connectivity index (χ1n) is 7.26. The van der Waals surface area contributed by atoms with E-state index in [-0.39, 0.29) is 11.8 Å². The summed E-state index contributed by atoms with van der Waals surface area (Å²) in [7, 11) is 0. The number of carbonyl (C=O) groups excluding carboxylic acids is 1. The number of hydrogen-bond acceptors (Lipinski definition) is 2. The number of anilines is 2. The second kappa shape index (κ2) is 7.25. The van der Waals surface area contributed by atoms with Gasteiger partial charge in [-0.3, -0.25) is 0 Å². The van der Waals surface area contributed by atoms with E-state index in [2.05, 4.69) is 10.6 Å². The van der Waals surface area contributed by atoms with Crippen LogP contribution in [0.1, 0.15) is 19.4 Å². The van der Waals surface area contributed by atoms with E-state index in [1.54, 1.807) is 24.3 Å². The Hall–Kier alpha value is -2.70. The van der Waals surface area contributed by atoms with Gasteiger partial charge < -0.3 is 15.4 Å².